The lowest BCUT2D eigenvalue weighted by Crippen LogP contribution is -2.46. The first kappa shape index (κ1) is 20.8. The van der Waals surface area contributed by atoms with E-state index in [1.165, 1.54) is 12.1 Å². The molecule has 0 saturated carbocycles. The van der Waals surface area contributed by atoms with Gasteiger partial charge in [-0.1, -0.05) is 11.2 Å². The molecule has 0 bridgehead atoms. The van der Waals surface area contributed by atoms with Gasteiger partial charge in [-0.2, -0.15) is 18.2 Å². The molecule has 2 aromatic carbocycles. The van der Waals surface area contributed by atoms with Crippen LogP contribution in [0.25, 0.3) is 11.4 Å². The van der Waals surface area contributed by atoms with Crippen LogP contribution in [-0.2, 0) is 6.18 Å². The van der Waals surface area contributed by atoms with Gasteiger partial charge < -0.3 is 23.8 Å². The number of piperazine rings is 1. The summed E-state index contributed by atoms with van der Waals surface area (Å²) in [6.07, 6.45) is -4.36. The highest BCUT2D eigenvalue weighted by atomic mass is 19.4. The summed E-state index contributed by atoms with van der Waals surface area (Å²) in [5.74, 6) is 1.57. The molecule has 1 aliphatic heterocycles. The van der Waals surface area contributed by atoms with E-state index in [0.29, 0.717) is 55.2 Å². The number of hydrogen-bond acceptors (Lipinski definition) is 7. The van der Waals surface area contributed by atoms with Gasteiger partial charge in [0, 0.05) is 37.4 Å². The highest BCUT2D eigenvalue weighted by Crippen LogP contribution is 2.33. The molecule has 2 heterocycles. The molecule has 0 spiro atoms. The minimum Gasteiger partial charge on any atom is -0.493 e. The molecule has 0 unspecified atom stereocenters. The molecular formula is C21H21F3N4O3. The largest absolute Gasteiger partial charge is 0.493 e. The van der Waals surface area contributed by atoms with E-state index in [0.717, 1.165) is 11.6 Å². The number of hydrogen-bond donors (Lipinski definition) is 0. The first-order valence-electron chi connectivity index (χ1n) is 9.62. The van der Waals surface area contributed by atoms with Crippen molar-refractivity contribution in [3.63, 3.8) is 0 Å². The van der Waals surface area contributed by atoms with Crippen LogP contribution in [-0.4, -0.2) is 50.5 Å². The average Bonchev–Trinajstić information content (AvgIpc) is 3.28. The highest BCUT2D eigenvalue weighted by molar-refractivity contribution is 5.61. The standard InChI is InChI=1S/C21H21F3N4O3/c1-29-17-7-6-14(12-18(17)30-2)19-25-20(31-26-19)28-10-8-27(9-11-28)16-5-3-4-15(13-16)21(22,23)24/h3-7,12-13H,8-11H2,1-2H3. The van der Waals surface area contributed by atoms with Crippen molar-refractivity contribution < 1.29 is 27.2 Å². The third-order valence-corrected chi connectivity index (χ3v) is 5.15. The molecular weight excluding hydrogens is 413 g/mol. The zero-order valence-electron chi connectivity index (χ0n) is 17.0. The number of halogens is 3. The molecule has 7 nitrogen and oxygen atoms in total. The summed E-state index contributed by atoms with van der Waals surface area (Å²) in [5, 5.41) is 4.05. The Balaban J connectivity index is 1.44. The molecule has 3 aromatic rings. The number of nitrogens with zero attached hydrogens (tertiary/aromatic N) is 4. The minimum absolute atomic E-state index is 0.369. The molecule has 0 amide bonds. The zero-order chi connectivity index (χ0) is 22.0. The summed E-state index contributed by atoms with van der Waals surface area (Å²) >= 11 is 0. The lowest BCUT2D eigenvalue weighted by Gasteiger charge is -2.35. The highest BCUT2D eigenvalue weighted by Gasteiger charge is 2.31. The predicted molar refractivity (Wildman–Crippen MR) is 109 cm³/mol. The third kappa shape index (κ3) is 4.37. The molecule has 1 fully saturated rings. The van der Waals surface area contributed by atoms with E-state index in [2.05, 4.69) is 10.1 Å². The van der Waals surface area contributed by atoms with Crippen LogP contribution in [0.2, 0.25) is 0 Å². The van der Waals surface area contributed by atoms with Crippen LogP contribution >= 0.6 is 0 Å². The number of aromatic nitrogens is 2. The van der Waals surface area contributed by atoms with Crippen LogP contribution in [0.3, 0.4) is 0 Å². The summed E-state index contributed by atoms with van der Waals surface area (Å²) in [4.78, 5) is 8.30. The van der Waals surface area contributed by atoms with E-state index in [4.69, 9.17) is 14.0 Å². The lowest BCUT2D eigenvalue weighted by atomic mass is 10.1. The van der Waals surface area contributed by atoms with Gasteiger partial charge in [0.25, 0.3) is 0 Å². The van der Waals surface area contributed by atoms with Gasteiger partial charge in [0.2, 0.25) is 5.82 Å². The van der Waals surface area contributed by atoms with E-state index in [9.17, 15) is 13.2 Å². The first-order chi connectivity index (χ1) is 14.9. The first-order valence-corrected chi connectivity index (χ1v) is 9.62. The Bertz CT molecular complexity index is 1050. The topological polar surface area (TPSA) is 63.9 Å². The van der Waals surface area contributed by atoms with Crippen LogP contribution in [0.15, 0.2) is 47.0 Å². The predicted octanol–water partition coefficient (Wildman–Crippen LogP) is 4.10. The molecule has 0 N–H and O–H groups in total. The van der Waals surface area contributed by atoms with Gasteiger partial charge in [0.05, 0.1) is 19.8 Å². The molecule has 10 heteroatoms. The fraction of sp³-hybridized carbons (Fsp3) is 0.333. The summed E-state index contributed by atoms with van der Waals surface area (Å²) in [6, 6.07) is 11.1. The Kier molecular flexibility index (Phi) is 5.62. The number of alkyl halides is 3. The SMILES string of the molecule is COc1ccc(-c2noc(N3CCN(c4cccc(C(F)(F)F)c4)CC3)n2)cc1OC. The molecule has 0 aliphatic carbocycles. The fourth-order valence-corrected chi connectivity index (χ4v) is 3.47. The Hall–Kier alpha value is -3.43. The van der Waals surface area contributed by atoms with Crippen molar-refractivity contribution in [1.29, 1.82) is 0 Å². The van der Waals surface area contributed by atoms with Crippen molar-refractivity contribution in [2.45, 2.75) is 6.18 Å². The summed E-state index contributed by atoms with van der Waals surface area (Å²) in [7, 11) is 3.11. The van der Waals surface area contributed by atoms with E-state index in [1.807, 2.05) is 15.9 Å². The third-order valence-electron chi connectivity index (χ3n) is 5.15. The van der Waals surface area contributed by atoms with Crippen molar-refractivity contribution in [1.82, 2.24) is 10.1 Å². The normalized spacial score (nSPS) is 14.6. The number of ether oxygens (including phenoxy) is 2. The van der Waals surface area contributed by atoms with E-state index < -0.39 is 11.7 Å². The summed E-state index contributed by atoms with van der Waals surface area (Å²) in [6.45, 7) is 2.17. The van der Waals surface area contributed by atoms with Crippen molar-refractivity contribution >= 4 is 11.7 Å². The maximum absolute atomic E-state index is 13.0. The van der Waals surface area contributed by atoms with Crippen LogP contribution in [0.5, 0.6) is 11.5 Å². The van der Waals surface area contributed by atoms with Gasteiger partial charge in [-0.25, -0.2) is 0 Å². The smallest absolute Gasteiger partial charge is 0.416 e. The number of rotatable bonds is 5. The molecule has 164 valence electrons. The van der Waals surface area contributed by atoms with Crippen molar-refractivity contribution in [2.75, 3.05) is 50.2 Å². The summed E-state index contributed by atoms with van der Waals surface area (Å²) in [5.41, 5.74) is 0.616. The van der Waals surface area contributed by atoms with Crippen LogP contribution in [0.4, 0.5) is 24.9 Å². The van der Waals surface area contributed by atoms with Gasteiger partial charge >= 0.3 is 12.2 Å². The summed E-state index contributed by atoms with van der Waals surface area (Å²) < 4.78 is 54.9. The molecule has 0 radical (unpaired) electrons. The fourth-order valence-electron chi connectivity index (χ4n) is 3.47. The van der Waals surface area contributed by atoms with Crippen molar-refractivity contribution in [2.24, 2.45) is 0 Å². The van der Waals surface area contributed by atoms with E-state index in [-0.39, 0.29) is 0 Å². The zero-order valence-corrected chi connectivity index (χ0v) is 17.0. The molecule has 1 saturated heterocycles. The van der Waals surface area contributed by atoms with Gasteiger partial charge in [0.1, 0.15) is 0 Å². The van der Waals surface area contributed by atoms with Crippen LogP contribution < -0.4 is 19.3 Å². The second-order valence-electron chi connectivity index (χ2n) is 6.99. The Morgan fingerprint density at radius 1 is 0.903 bits per heavy atom. The van der Waals surface area contributed by atoms with Crippen molar-refractivity contribution in [3.05, 3.63) is 48.0 Å². The molecule has 1 aromatic heterocycles. The van der Waals surface area contributed by atoms with E-state index >= 15 is 0 Å². The van der Waals surface area contributed by atoms with E-state index in [1.54, 1.807) is 32.4 Å². The van der Waals surface area contributed by atoms with Gasteiger partial charge in [-0.15, -0.1) is 0 Å². The molecule has 0 atom stereocenters. The Labute approximate surface area is 177 Å². The Morgan fingerprint density at radius 2 is 1.61 bits per heavy atom. The minimum atomic E-state index is -4.36. The maximum Gasteiger partial charge on any atom is 0.416 e. The lowest BCUT2D eigenvalue weighted by molar-refractivity contribution is -0.137. The number of anilines is 2. The average molecular weight is 434 g/mol. The monoisotopic (exact) mass is 434 g/mol. The quantitative estimate of drug-likeness (QED) is 0.599. The van der Waals surface area contributed by atoms with Gasteiger partial charge in [-0.3, -0.25) is 0 Å². The van der Waals surface area contributed by atoms with Gasteiger partial charge in [0.15, 0.2) is 11.5 Å². The van der Waals surface area contributed by atoms with Crippen LogP contribution in [0, 0.1) is 0 Å². The number of methoxy groups -OCH3 is 2. The van der Waals surface area contributed by atoms with Gasteiger partial charge in [-0.05, 0) is 36.4 Å². The number of benzene rings is 2. The second kappa shape index (κ2) is 8.37. The molecule has 4 rings (SSSR count). The molecule has 31 heavy (non-hydrogen) atoms. The molecule has 1 aliphatic rings. The Morgan fingerprint density at radius 3 is 2.29 bits per heavy atom. The maximum atomic E-state index is 13.0. The van der Waals surface area contributed by atoms with Crippen LogP contribution in [0.1, 0.15) is 5.56 Å². The van der Waals surface area contributed by atoms with Crippen molar-refractivity contribution in [3.8, 4) is 22.9 Å². The second-order valence-corrected chi connectivity index (χ2v) is 6.99.